The second-order valence-electron chi connectivity index (χ2n) is 7.91. The predicted molar refractivity (Wildman–Crippen MR) is 154 cm³/mol. The van der Waals surface area contributed by atoms with Crippen LogP contribution in [0, 0.1) is 6.92 Å². The minimum absolute atomic E-state index is 0.156. The van der Waals surface area contributed by atoms with Crippen molar-refractivity contribution < 1.29 is 9.53 Å². The van der Waals surface area contributed by atoms with Crippen LogP contribution in [0.15, 0.2) is 30.3 Å². The average molecular weight is 569 g/mol. The van der Waals surface area contributed by atoms with Gasteiger partial charge in [-0.3, -0.25) is 4.79 Å². The second-order valence-corrected chi connectivity index (χ2v) is 9.13. The first-order chi connectivity index (χ1) is 17.5. The van der Waals surface area contributed by atoms with Crippen LogP contribution in [-0.2, 0) is 0 Å². The van der Waals surface area contributed by atoms with Crippen LogP contribution < -0.4 is 27.3 Å². The molecule has 3 rings (SSSR count). The van der Waals surface area contributed by atoms with Gasteiger partial charge in [0.05, 0.1) is 39.1 Å². The van der Waals surface area contributed by atoms with Crippen LogP contribution in [0.5, 0.6) is 5.75 Å². The van der Waals surface area contributed by atoms with E-state index >= 15 is 0 Å². The molecule has 12 heteroatoms. The van der Waals surface area contributed by atoms with Crippen molar-refractivity contribution in [3.8, 4) is 16.9 Å². The third-order valence-electron chi connectivity index (χ3n) is 5.51. The van der Waals surface area contributed by atoms with Crippen LogP contribution >= 0.6 is 34.8 Å². The topological polar surface area (TPSA) is 145 Å². The summed E-state index contributed by atoms with van der Waals surface area (Å²) in [7, 11) is 1.50. The van der Waals surface area contributed by atoms with Crippen LogP contribution in [0.3, 0.4) is 0 Å². The quantitative estimate of drug-likeness (QED) is 0.280. The summed E-state index contributed by atoms with van der Waals surface area (Å²) in [5.41, 5.74) is 20.1. The van der Waals surface area contributed by atoms with Gasteiger partial charge >= 0.3 is 0 Å². The van der Waals surface area contributed by atoms with Gasteiger partial charge in [-0.05, 0) is 43.8 Å². The third-order valence-corrected chi connectivity index (χ3v) is 6.58. The number of nitrogens with one attached hydrogen (secondary N) is 1. The molecule has 0 unspecified atom stereocenters. The zero-order valence-corrected chi connectivity index (χ0v) is 23.5. The molecule has 1 heterocycles. The number of benzene rings is 2. The maximum atomic E-state index is 12.1. The highest BCUT2D eigenvalue weighted by Crippen LogP contribution is 2.32. The molecule has 9 nitrogen and oxygen atoms in total. The van der Waals surface area contributed by atoms with Crippen molar-refractivity contribution in [1.29, 1.82) is 0 Å². The lowest BCUT2D eigenvalue weighted by Crippen LogP contribution is -2.34. The van der Waals surface area contributed by atoms with Crippen molar-refractivity contribution in [2.45, 2.75) is 20.8 Å². The van der Waals surface area contributed by atoms with E-state index in [2.05, 4.69) is 34.0 Å². The van der Waals surface area contributed by atoms with Crippen molar-refractivity contribution in [3.63, 3.8) is 0 Å². The Morgan fingerprint density at radius 2 is 1.68 bits per heavy atom. The van der Waals surface area contributed by atoms with E-state index in [0.29, 0.717) is 50.1 Å². The average Bonchev–Trinajstić information content (AvgIpc) is 2.85. The zero-order chi connectivity index (χ0) is 27.7. The number of nitrogen functional groups attached to an aromatic ring is 3. The number of ether oxygens (including phenoxy) is 1. The number of methoxy groups -OCH3 is 1. The molecule has 1 aromatic heterocycles. The molecule has 0 saturated heterocycles. The first-order valence-corrected chi connectivity index (χ1v) is 12.6. The highest BCUT2D eigenvalue weighted by Gasteiger charge is 2.15. The molecule has 0 radical (unpaired) electrons. The van der Waals surface area contributed by atoms with E-state index in [0.717, 1.165) is 30.8 Å². The molecule has 37 heavy (non-hydrogen) atoms. The molecular formula is C25H32Cl3N7O2. The highest BCUT2D eigenvalue weighted by molar-refractivity contribution is 6.42. The third kappa shape index (κ3) is 8.26. The zero-order valence-electron chi connectivity index (χ0n) is 21.2. The summed E-state index contributed by atoms with van der Waals surface area (Å²) in [6.07, 6.45) is 0. The number of halogens is 3. The Morgan fingerprint density at radius 1 is 1.00 bits per heavy atom. The molecule has 7 N–H and O–H groups in total. The Morgan fingerprint density at radius 3 is 2.24 bits per heavy atom. The van der Waals surface area contributed by atoms with E-state index in [1.807, 2.05) is 13.0 Å². The van der Waals surface area contributed by atoms with Crippen molar-refractivity contribution >= 4 is 58.2 Å². The molecule has 0 bridgehead atoms. The summed E-state index contributed by atoms with van der Waals surface area (Å²) in [5, 5.41) is 4.15. The number of carbonyl (C=O) groups excluding carboxylic acids is 1. The Bertz CT molecular complexity index is 1210. The molecule has 3 aromatic rings. The van der Waals surface area contributed by atoms with E-state index in [4.69, 9.17) is 56.7 Å². The van der Waals surface area contributed by atoms with Gasteiger partial charge in [-0.1, -0.05) is 54.7 Å². The highest BCUT2D eigenvalue weighted by atomic mass is 35.5. The Balaban J connectivity index is 0.000000263. The van der Waals surface area contributed by atoms with Crippen molar-refractivity contribution in [2.75, 3.05) is 50.5 Å². The van der Waals surface area contributed by atoms with E-state index in [1.54, 1.807) is 18.2 Å². The number of likely N-dealkylation sites (N-methyl/N-ethyl adjacent to an activating group) is 1. The van der Waals surface area contributed by atoms with Gasteiger partial charge in [0, 0.05) is 24.7 Å². The fourth-order valence-electron chi connectivity index (χ4n) is 3.50. The number of carbonyl (C=O) groups is 1. The van der Waals surface area contributed by atoms with Crippen molar-refractivity contribution in [3.05, 3.63) is 56.7 Å². The van der Waals surface area contributed by atoms with E-state index in [9.17, 15) is 4.79 Å². The molecule has 0 saturated carbocycles. The lowest BCUT2D eigenvalue weighted by molar-refractivity contribution is 0.0946. The van der Waals surface area contributed by atoms with Crippen LogP contribution in [-0.4, -0.2) is 54.1 Å². The van der Waals surface area contributed by atoms with Gasteiger partial charge in [0.1, 0.15) is 11.6 Å². The fourth-order valence-corrected chi connectivity index (χ4v) is 3.97. The normalized spacial score (nSPS) is 10.6. The number of rotatable bonds is 8. The molecule has 0 spiro atoms. The molecule has 200 valence electrons. The molecule has 0 aliphatic carbocycles. The van der Waals surface area contributed by atoms with Crippen LogP contribution in [0.25, 0.3) is 11.1 Å². The Labute approximate surface area is 232 Å². The summed E-state index contributed by atoms with van der Waals surface area (Å²) in [6.45, 7) is 9.30. The van der Waals surface area contributed by atoms with E-state index < -0.39 is 0 Å². The maximum Gasteiger partial charge on any atom is 0.255 e. The van der Waals surface area contributed by atoms with Crippen LogP contribution in [0.4, 0.5) is 17.5 Å². The summed E-state index contributed by atoms with van der Waals surface area (Å²) in [6, 6.07) is 8.33. The van der Waals surface area contributed by atoms with Crippen LogP contribution in [0.2, 0.25) is 15.1 Å². The van der Waals surface area contributed by atoms with Gasteiger partial charge in [-0.25, -0.2) is 4.98 Å². The monoisotopic (exact) mass is 567 g/mol. The lowest BCUT2D eigenvalue weighted by Gasteiger charge is -2.18. The fraction of sp³-hybridized carbons (Fsp3) is 0.320. The van der Waals surface area contributed by atoms with E-state index in [-0.39, 0.29) is 11.9 Å². The SMILES string of the molecule is CCN(CC)CCNC(=O)c1cc(Cl)c(N)cc1OC.Cc1nc(N)nc(N)c1-c1ccc(Cl)c(Cl)c1. The van der Waals surface area contributed by atoms with Gasteiger partial charge in [0.2, 0.25) is 5.95 Å². The number of hydrogen-bond donors (Lipinski definition) is 4. The van der Waals surface area contributed by atoms with Gasteiger partial charge < -0.3 is 32.2 Å². The first kappa shape index (κ1) is 30.2. The Kier molecular flexibility index (Phi) is 11.5. The van der Waals surface area contributed by atoms with Crippen LogP contribution in [0.1, 0.15) is 29.9 Å². The molecule has 0 aliphatic heterocycles. The number of aryl methyl sites for hydroxylation is 1. The number of nitrogens with zero attached hydrogens (tertiary/aromatic N) is 3. The predicted octanol–water partition coefficient (Wildman–Crippen LogP) is 4.93. The number of hydrogen-bond acceptors (Lipinski definition) is 8. The molecule has 2 aromatic carbocycles. The maximum absolute atomic E-state index is 12.1. The lowest BCUT2D eigenvalue weighted by atomic mass is 10.1. The molecule has 0 fully saturated rings. The number of anilines is 3. The first-order valence-electron chi connectivity index (χ1n) is 11.5. The minimum atomic E-state index is -0.212. The van der Waals surface area contributed by atoms with Crippen molar-refractivity contribution in [1.82, 2.24) is 20.2 Å². The van der Waals surface area contributed by atoms with Crippen molar-refractivity contribution in [2.24, 2.45) is 0 Å². The standard InChI is InChI=1S/C14H22ClN3O2.C11H10Cl2N4/c1-4-18(5-2)7-6-17-14(19)10-8-11(15)12(16)9-13(10)20-3;1-5-9(10(14)17-11(15)16-5)6-2-3-7(12)8(13)4-6/h8-9H,4-7,16H2,1-3H3,(H,17,19);2-4H,1H3,(H4,14,15,16,17). The van der Waals surface area contributed by atoms with Gasteiger partial charge in [0.15, 0.2) is 0 Å². The number of aromatic nitrogens is 2. The van der Waals surface area contributed by atoms with Gasteiger partial charge in [0.25, 0.3) is 5.91 Å². The Hall–Kier alpha value is -2.98. The molecular weight excluding hydrogens is 537 g/mol. The molecule has 0 atom stereocenters. The molecule has 0 aliphatic rings. The molecule has 1 amide bonds. The van der Waals surface area contributed by atoms with Gasteiger partial charge in [-0.2, -0.15) is 4.98 Å². The largest absolute Gasteiger partial charge is 0.496 e. The summed E-state index contributed by atoms with van der Waals surface area (Å²) < 4.78 is 5.16. The summed E-state index contributed by atoms with van der Waals surface area (Å²) in [5.74, 6) is 0.695. The van der Waals surface area contributed by atoms with Gasteiger partial charge in [-0.15, -0.1) is 0 Å². The number of nitrogens with two attached hydrogens (primary N) is 3. The second kappa shape index (κ2) is 14.1. The smallest absolute Gasteiger partial charge is 0.255 e. The van der Waals surface area contributed by atoms with E-state index in [1.165, 1.54) is 13.2 Å². The minimum Gasteiger partial charge on any atom is -0.496 e. The summed E-state index contributed by atoms with van der Waals surface area (Å²) in [4.78, 5) is 22.4. The number of amides is 1. The summed E-state index contributed by atoms with van der Waals surface area (Å²) >= 11 is 17.8.